The highest BCUT2D eigenvalue weighted by Crippen LogP contribution is 2.41. The van der Waals surface area contributed by atoms with E-state index in [2.05, 4.69) is 30.8 Å². The molecule has 0 N–H and O–H groups in total. The van der Waals surface area contributed by atoms with E-state index < -0.39 is 30.3 Å². The Hall–Kier alpha value is -2.77. The Balaban J connectivity index is 1.22. The summed E-state index contributed by atoms with van der Waals surface area (Å²) in [6.07, 6.45) is 5.22. The fraction of sp³-hybridized carbons (Fsp3) is 0.576. The van der Waals surface area contributed by atoms with Crippen LogP contribution in [0, 0.1) is 6.92 Å². The van der Waals surface area contributed by atoms with Gasteiger partial charge in [0.05, 0.1) is 35.4 Å². The number of carbonyl (C=O) groups is 1. The van der Waals surface area contributed by atoms with Crippen LogP contribution < -0.4 is 4.74 Å². The van der Waals surface area contributed by atoms with Crippen molar-refractivity contribution in [2.24, 2.45) is 0 Å². The molecule has 4 aliphatic rings. The van der Waals surface area contributed by atoms with Gasteiger partial charge in [-0.2, -0.15) is 13.5 Å². The summed E-state index contributed by atoms with van der Waals surface area (Å²) in [4.78, 5) is 15.4. The molecule has 3 aromatic rings. The zero-order valence-corrected chi connectivity index (χ0v) is 28.6. The van der Waals surface area contributed by atoms with Gasteiger partial charge in [0, 0.05) is 32.7 Å². The molecule has 1 aromatic heterocycles. The van der Waals surface area contributed by atoms with E-state index in [0.29, 0.717) is 32.1 Å². The van der Waals surface area contributed by atoms with Gasteiger partial charge in [-0.3, -0.25) is 8.98 Å². The standard InChI is InChI=1S/C33H45N3O7SSi/c1-23-5-11-27(12-6-23)44(38,39)43-31-13-14-35-30(31)20-41-26-9-7-24(8-10-26)28-17-25-19-34-36(22-40-15-16-45(2,3)4)29(25)18-32(28)42-21-33(35)37/h5-6,11-12,17-19,24,26,30-31H,7-10,13-16,20-22H2,1-4H3/t24?,26?,30-,31+/m0/s1. The van der Waals surface area contributed by atoms with E-state index in [0.717, 1.165) is 53.8 Å². The van der Waals surface area contributed by atoms with Crippen molar-refractivity contribution in [3.63, 3.8) is 0 Å². The van der Waals surface area contributed by atoms with Gasteiger partial charge in [-0.15, -0.1) is 0 Å². The van der Waals surface area contributed by atoms with Gasteiger partial charge in [-0.05, 0) is 74.8 Å². The maximum absolute atomic E-state index is 13.6. The van der Waals surface area contributed by atoms with Gasteiger partial charge in [0.25, 0.3) is 16.0 Å². The van der Waals surface area contributed by atoms with E-state index in [9.17, 15) is 13.2 Å². The van der Waals surface area contributed by atoms with Crippen LogP contribution in [0.3, 0.4) is 0 Å². The number of amides is 1. The molecule has 1 aliphatic carbocycles. The highest BCUT2D eigenvalue weighted by Gasteiger charge is 2.42. The number of ether oxygens (including phenoxy) is 3. The Morgan fingerprint density at radius 3 is 2.53 bits per heavy atom. The lowest BCUT2D eigenvalue weighted by molar-refractivity contribution is -0.137. The molecule has 0 radical (unpaired) electrons. The fourth-order valence-corrected chi connectivity index (χ4v) is 8.45. The Morgan fingerprint density at radius 1 is 1.04 bits per heavy atom. The maximum Gasteiger partial charge on any atom is 0.297 e. The molecule has 4 heterocycles. The first-order valence-electron chi connectivity index (χ1n) is 16.1. The van der Waals surface area contributed by atoms with Gasteiger partial charge in [0.2, 0.25) is 0 Å². The number of fused-ring (bicyclic) bond motifs is 6. The molecule has 45 heavy (non-hydrogen) atoms. The second-order valence-corrected chi connectivity index (χ2v) is 21.1. The Kier molecular flexibility index (Phi) is 9.40. The second-order valence-electron chi connectivity index (χ2n) is 13.9. The van der Waals surface area contributed by atoms with Crippen LogP contribution in [0.25, 0.3) is 10.9 Å². The van der Waals surface area contributed by atoms with Crippen molar-refractivity contribution in [3.8, 4) is 5.75 Å². The average Bonchev–Trinajstić information content (AvgIpc) is 3.59. The van der Waals surface area contributed by atoms with E-state index in [1.165, 1.54) is 0 Å². The smallest absolute Gasteiger partial charge is 0.297 e. The molecule has 2 atom stereocenters. The minimum atomic E-state index is -4.01. The molecule has 0 unspecified atom stereocenters. The topological polar surface area (TPSA) is 109 Å². The molecule has 1 saturated heterocycles. The fourth-order valence-electron chi connectivity index (χ4n) is 6.57. The van der Waals surface area contributed by atoms with Crippen molar-refractivity contribution in [3.05, 3.63) is 53.7 Å². The number of hydrogen-bond donors (Lipinski definition) is 0. The number of rotatable bonds is 8. The molecule has 3 aliphatic heterocycles. The number of nitrogens with zero attached hydrogens (tertiary/aromatic N) is 3. The maximum atomic E-state index is 13.6. The van der Waals surface area contributed by atoms with Crippen LogP contribution in [0.15, 0.2) is 47.5 Å². The van der Waals surface area contributed by atoms with Gasteiger partial charge in [-0.1, -0.05) is 37.3 Å². The highest BCUT2D eigenvalue weighted by atomic mass is 32.2. The van der Waals surface area contributed by atoms with Gasteiger partial charge in [0.15, 0.2) is 6.61 Å². The van der Waals surface area contributed by atoms with Crippen LogP contribution >= 0.6 is 0 Å². The molecular weight excluding hydrogens is 611 g/mol. The molecule has 2 aromatic carbocycles. The van der Waals surface area contributed by atoms with E-state index in [1.54, 1.807) is 29.2 Å². The summed E-state index contributed by atoms with van der Waals surface area (Å²) in [7, 11) is -5.21. The zero-order valence-electron chi connectivity index (χ0n) is 26.7. The Bertz CT molecular complexity index is 1610. The van der Waals surface area contributed by atoms with E-state index >= 15 is 0 Å². The number of hydrogen-bond acceptors (Lipinski definition) is 8. The molecule has 0 spiro atoms. The van der Waals surface area contributed by atoms with Gasteiger partial charge in [0.1, 0.15) is 18.6 Å². The van der Waals surface area contributed by atoms with Crippen LogP contribution in [-0.2, 0) is 35.3 Å². The van der Waals surface area contributed by atoms with E-state index in [1.807, 2.05) is 23.9 Å². The summed E-state index contributed by atoms with van der Waals surface area (Å²) in [6.45, 7) is 10.4. The first-order valence-corrected chi connectivity index (χ1v) is 21.2. The number of aryl methyl sites for hydroxylation is 1. The molecule has 1 saturated carbocycles. The van der Waals surface area contributed by atoms with Gasteiger partial charge >= 0.3 is 0 Å². The lowest BCUT2D eigenvalue weighted by Crippen LogP contribution is -2.46. The van der Waals surface area contributed by atoms with Crippen LogP contribution in [0.1, 0.15) is 49.1 Å². The van der Waals surface area contributed by atoms with Crippen molar-refractivity contribution in [2.45, 2.75) is 101 Å². The van der Waals surface area contributed by atoms with Crippen molar-refractivity contribution in [1.29, 1.82) is 0 Å². The molecule has 2 bridgehead atoms. The van der Waals surface area contributed by atoms with Crippen molar-refractivity contribution < 1.29 is 31.6 Å². The summed E-state index contributed by atoms with van der Waals surface area (Å²) in [6, 6.07) is 11.3. The van der Waals surface area contributed by atoms with Crippen molar-refractivity contribution in [1.82, 2.24) is 14.7 Å². The lowest BCUT2D eigenvalue weighted by Gasteiger charge is -2.32. The molecule has 7 rings (SSSR count). The highest BCUT2D eigenvalue weighted by molar-refractivity contribution is 7.86. The van der Waals surface area contributed by atoms with Crippen molar-refractivity contribution >= 4 is 35.0 Å². The van der Waals surface area contributed by atoms with Crippen LogP contribution in [0.5, 0.6) is 5.75 Å². The summed E-state index contributed by atoms with van der Waals surface area (Å²) in [5.41, 5.74) is 2.96. The van der Waals surface area contributed by atoms with E-state index in [4.69, 9.17) is 18.4 Å². The van der Waals surface area contributed by atoms with E-state index in [-0.39, 0.29) is 36.0 Å². The summed E-state index contributed by atoms with van der Waals surface area (Å²) < 4.78 is 52.7. The Labute approximate surface area is 267 Å². The quantitative estimate of drug-likeness (QED) is 0.179. The lowest BCUT2D eigenvalue weighted by atomic mass is 9.82. The van der Waals surface area contributed by atoms with Gasteiger partial charge < -0.3 is 19.1 Å². The third kappa shape index (κ3) is 7.46. The average molecular weight is 656 g/mol. The first kappa shape index (κ1) is 32.2. The predicted octanol–water partition coefficient (Wildman–Crippen LogP) is 5.47. The zero-order chi connectivity index (χ0) is 31.8. The predicted molar refractivity (Wildman–Crippen MR) is 174 cm³/mol. The largest absolute Gasteiger partial charge is 0.483 e. The monoisotopic (exact) mass is 655 g/mol. The molecule has 1 amide bonds. The number of aromatic nitrogens is 2. The molecule has 2 fully saturated rings. The van der Waals surface area contributed by atoms with Crippen LogP contribution in [-0.4, -0.2) is 81.7 Å². The van der Waals surface area contributed by atoms with Gasteiger partial charge in [-0.25, -0.2) is 4.68 Å². The normalized spacial score (nSPS) is 24.4. The third-order valence-corrected chi connectivity index (χ3v) is 12.4. The SMILES string of the molecule is Cc1ccc(S(=O)(=O)O[C@@H]2CCN3C(=O)COc4cc5c(cnn5COCC[Si](C)(C)C)cc4C4CCC(CC4)OC[C@@H]23)cc1. The third-order valence-electron chi connectivity index (χ3n) is 9.32. The minimum absolute atomic E-state index is 0.0399. The molecule has 12 heteroatoms. The second kappa shape index (κ2) is 13.1. The van der Waals surface area contributed by atoms with Crippen LogP contribution in [0.4, 0.5) is 0 Å². The van der Waals surface area contributed by atoms with Crippen LogP contribution in [0.2, 0.25) is 25.7 Å². The molecule has 244 valence electrons. The first-order chi connectivity index (χ1) is 21.5. The minimum Gasteiger partial charge on any atom is -0.483 e. The summed E-state index contributed by atoms with van der Waals surface area (Å²) in [5, 5.41) is 5.62. The number of carbonyl (C=O) groups excluding carboxylic acids is 1. The molecule has 10 nitrogen and oxygen atoms in total. The summed E-state index contributed by atoms with van der Waals surface area (Å²) in [5.74, 6) is 0.754. The summed E-state index contributed by atoms with van der Waals surface area (Å²) >= 11 is 0. The van der Waals surface area contributed by atoms with Crippen molar-refractivity contribution in [2.75, 3.05) is 26.4 Å². The Morgan fingerprint density at radius 2 is 1.80 bits per heavy atom. The molecular formula is C33H45N3O7SSi. The number of benzene rings is 2.